The first-order chi connectivity index (χ1) is 15.0. The van der Waals surface area contributed by atoms with Crippen LogP contribution in [0.3, 0.4) is 0 Å². The lowest BCUT2D eigenvalue weighted by atomic mass is 10.3. The lowest BCUT2D eigenvalue weighted by molar-refractivity contribution is -0.113. The summed E-state index contributed by atoms with van der Waals surface area (Å²) in [7, 11) is -3.68. The molecular formula is C21H20N2O6S2. The number of sulfonamides is 1. The average molecular weight is 461 g/mol. The highest BCUT2D eigenvalue weighted by atomic mass is 32.2. The van der Waals surface area contributed by atoms with Crippen molar-refractivity contribution in [1.29, 1.82) is 0 Å². The maximum Gasteiger partial charge on any atom is 0.240 e. The van der Waals surface area contributed by atoms with Crippen molar-refractivity contribution in [2.75, 3.05) is 24.3 Å². The molecule has 1 amide bonds. The number of carbonyl (C=O) groups is 1. The van der Waals surface area contributed by atoms with E-state index in [1.165, 1.54) is 30.2 Å². The molecule has 0 saturated heterocycles. The highest BCUT2D eigenvalue weighted by Gasteiger charge is 2.15. The number of fused-ring (bicyclic) bond motifs is 1. The Bertz CT molecular complexity index is 1150. The molecule has 3 aromatic rings. The third-order valence-electron chi connectivity index (χ3n) is 4.35. The number of nitrogens with one attached hydrogen (secondary N) is 2. The number of anilines is 1. The second-order valence-electron chi connectivity index (χ2n) is 6.57. The molecule has 0 aliphatic carbocycles. The number of thioether (sulfide) groups is 1. The van der Waals surface area contributed by atoms with E-state index in [-0.39, 0.29) is 23.1 Å². The van der Waals surface area contributed by atoms with E-state index in [2.05, 4.69) is 10.0 Å². The number of ether oxygens (including phenoxy) is 2. The molecule has 31 heavy (non-hydrogen) atoms. The van der Waals surface area contributed by atoms with Gasteiger partial charge in [-0.1, -0.05) is 0 Å². The summed E-state index contributed by atoms with van der Waals surface area (Å²) < 4.78 is 43.3. The molecule has 10 heteroatoms. The number of benzene rings is 2. The summed E-state index contributed by atoms with van der Waals surface area (Å²) in [5.74, 6) is 1.89. The molecule has 1 aromatic heterocycles. The monoisotopic (exact) mass is 460 g/mol. The standard InChI is InChI=1S/C21H20N2O6S2/c24-21(14-30-17-5-8-19-20(12-17)29-11-10-28-19)23-15-3-6-18(7-4-15)31(25,26)22-13-16-2-1-9-27-16/h1-9,12,22H,10-11,13-14H2,(H,23,24). The quantitative estimate of drug-likeness (QED) is 0.497. The molecule has 1 aliphatic rings. The summed E-state index contributed by atoms with van der Waals surface area (Å²) >= 11 is 1.37. The van der Waals surface area contributed by atoms with Crippen LogP contribution in [0.25, 0.3) is 0 Å². The fourth-order valence-corrected chi connectivity index (χ4v) is 4.56. The third kappa shape index (κ3) is 5.60. The van der Waals surface area contributed by atoms with Gasteiger partial charge in [-0.05, 0) is 54.6 Å². The number of carbonyl (C=O) groups excluding carboxylic acids is 1. The van der Waals surface area contributed by atoms with Crippen LogP contribution < -0.4 is 19.5 Å². The van der Waals surface area contributed by atoms with Gasteiger partial charge < -0.3 is 19.2 Å². The third-order valence-corrected chi connectivity index (χ3v) is 6.76. The van der Waals surface area contributed by atoms with Crippen molar-refractivity contribution in [1.82, 2.24) is 4.72 Å². The summed E-state index contributed by atoms with van der Waals surface area (Å²) in [6, 6.07) is 14.9. The van der Waals surface area contributed by atoms with Gasteiger partial charge in [0.15, 0.2) is 11.5 Å². The normalized spacial score (nSPS) is 13.0. The summed E-state index contributed by atoms with van der Waals surface area (Å²) in [6.45, 7) is 1.10. The van der Waals surface area contributed by atoms with Crippen LogP contribution in [0.4, 0.5) is 5.69 Å². The molecule has 0 bridgehead atoms. The minimum Gasteiger partial charge on any atom is -0.486 e. The van der Waals surface area contributed by atoms with Gasteiger partial charge in [0.1, 0.15) is 19.0 Å². The topological polar surface area (TPSA) is 107 Å². The highest BCUT2D eigenvalue weighted by Crippen LogP contribution is 2.34. The molecule has 8 nitrogen and oxygen atoms in total. The first-order valence-corrected chi connectivity index (χ1v) is 11.9. The SMILES string of the molecule is O=C(CSc1ccc2c(c1)OCCO2)Nc1ccc(S(=O)(=O)NCc2ccco2)cc1. The molecule has 0 atom stereocenters. The Hall–Kier alpha value is -2.95. The zero-order chi connectivity index (χ0) is 21.7. The molecule has 0 saturated carbocycles. The molecule has 0 spiro atoms. The molecule has 162 valence electrons. The maximum atomic E-state index is 12.4. The summed E-state index contributed by atoms with van der Waals surface area (Å²) in [6.07, 6.45) is 1.48. The van der Waals surface area contributed by atoms with Crippen LogP contribution >= 0.6 is 11.8 Å². The number of amides is 1. The molecule has 2 aromatic carbocycles. The van der Waals surface area contributed by atoms with Gasteiger partial charge in [-0.3, -0.25) is 4.79 Å². The van der Waals surface area contributed by atoms with Crippen LogP contribution in [0.1, 0.15) is 5.76 Å². The van der Waals surface area contributed by atoms with Gasteiger partial charge in [0.25, 0.3) is 0 Å². The van der Waals surface area contributed by atoms with Gasteiger partial charge in [0, 0.05) is 10.6 Å². The Morgan fingerprint density at radius 1 is 1.00 bits per heavy atom. The van der Waals surface area contributed by atoms with E-state index in [0.717, 1.165) is 4.90 Å². The smallest absolute Gasteiger partial charge is 0.240 e. The van der Waals surface area contributed by atoms with Crippen LogP contribution in [0.15, 0.2) is 75.1 Å². The van der Waals surface area contributed by atoms with Gasteiger partial charge in [-0.25, -0.2) is 13.1 Å². The Morgan fingerprint density at radius 2 is 1.77 bits per heavy atom. The van der Waals surface area contributed by atoms with Crippen LogP contribution in [0, 0.1) is 0 Å². The fourth-order valence-electron chi connectivity index (χ4n) is 2.84. The number of rotatable bonds is 8. The lowest BCUT2D eigenvalue weighted by Gasteiger charge is -2.18. The van der Waals surface area contributed by atoms with Crippen molar-refractivity contribution < 1.29 is 27.1 Å². The van der Waals surface area contributed by atoms with E-state index in [1.54, 1.807) is 24.3 Å². The van der Waals surface area contributed by atoms with Crippen molar-refractivity contribution in [2.24, 2.45) is 0 Å². The van der Waals surface area contributed by atoms with Gasteiger partial charge in [-0.15, -0.1) is 11.8 Å². The van der Waals surface area contributed by atoms with Crippen LogP contribution in [-0.2, 0) is 21.4 Å². The van der Waals surface area contributed by atoms with Crippen LogP contribution in [0.2, 0.25) is 0 Å². The zero-order valence-corrected chi connectivity index (χ0v) is 18.0. The molecule has 2 heterocycles. The Morgan fingerprint density at radius 3 is 2.52 bits per heavy atom. The van der Waals surface area contributed by atoms with E-state index >= 15 is 0 Å². The zero-order valence-electron chi connectivity index (χ0n) is 16.4. The second kappa shape index (κ2) is 9.46. The summed E-state index contributed by atoms with van der Waals surface area (Å²) in [4.78, 5) is 13.3. The van der Waals surface area contributed by atoms with Gasteiger partial charge in [-0.2, -0.15) is 0 Å². The second-order valence-corrected chi connectivity index (χ2v) is 9.39. The first kappa shape index (κ1) is 21.3. The molecule has 4 rings (SSSR count). The molecular weight excluding hydrogens is 440 g/mol. The van der Waals surface area contributed by atoms with Crippen molar-refractivity contribution in [3.63, 3.8) is 0 Å². The lowest BCUT2D eigenvalue weighted by Crippen LogP contribution is -2.23. The number of hydrogen-bond donors (Lipinski definition) is 2. The van der Waals surface area contributed by atoms with E-state index < -0.39 is 10.0 Å². The summed E-state index contributed by atoms with van der Waals surface area (Å²) in [5, 5.41) is 2.76. The summed E-state index contributed by atoms with van der Waals surface area (Å²) in [5.41, 5.74) is 0.512. The Balaban J connectivity index is 1.29. The Kier molecular flexibility index (Phi) is 6.50. The Labute approximate surface area is 184 Å². The maximum absolute atomic E-state index is 12.4. The van der Waals surface area contributed by atoms with Crippen LogP contribution in [-0.4, -0.2) is 33.3 Å². The molecule has 0 unspecified atom stereocenters. The van der Waals surface area contributed by atoms with E-state index in [1.807, 2.05) is 18.2 Å². The highest BCUT2D eigenvalue weighted by molar-refractivity contribution is 8.00. The predicted octanol–water partition coefficient (Wildman–Crippen LogP) is 3.26. The largest absolute Gasteiger partial charge is 0.486 e. The van der Waals surface area contributed by atoms with Crippen molar-refractivity contribution >= 4 is 33.4 Å². The fraction of sp³-hybridized carbons (Fsp3) is 0.190. The molecule has 1 aliphatic heterocycles. The minimum absolute atomic E-state index is 0.0604. The average Bonchev–Trinajstić information content (AvgIpc) is 3.30. The van der Waals surface area contributed by atoms with Crippen molar-refractivity contribution in [2.45, 2.75) is 16.3 Å². The van der Waals surface area contributed by atoms with E-state index in [4.69, 9.17) is 13.9 Å². The predicted molar refractivity (Wildman–Crippen MR) is 116 cm³/mol. The van der Waals surface area contributed by atoms with Gasteiger partial charge in [0.05, 0.1) is 23.5 Å². The van der Waals surface area contributed by atoms with E-state index in [9.17, 15) is 13.2 Å². The van der Waals surface area contributed by atoms with Gasteiger partial charge >= 0.3 is 0 Å². The van der Waals surface area contributed by atoms with Crippen molar-refractivity contribution in [3.8, 4) is 11.5 Å². The number of furan rings is 1. The first-order valence-electron chi connectivity index (χ1n) is 9.44. The number of hydrogen-bond acceptors (Lipinski definition) is 7. The molecule has 2 N–H and O–H groups in total. The minimum atomic E-state index is -3.68. The molecule has 0 fully saturated rings. The van der Waals surface area contributed by atoms with Crippen LogP contribution in [0.5, 0.6) is 11.5 Å². The van der Waals surface area contributed by atoms with Crippen molar-refractivity contribution in [3.05, 3.63) is 66.6 Å². The van der Waals surface area contributed by atoms with E-state index in [0.29, 0.717) is 36.2 Å². The molecule has 0 radical (unpaired) electrons. The van der Waals surface area contributed by atoms with Gasteiger partial charge in [0.2, 0.25) is 15.9 Å².